The minimum absolute atomic E-state index is 0.226. The lowest BCUT2D eigenvalue weighted by Crippen LogP contribution is -2.38. The Morgan fingerprint density at radius 2 is 2.40 bits per heavy atom. The molecule has 10 heavy (non-hydrogen) atoms. The highest BCUT2D eigenvalue weighted by atomic mass is 16.5. The highest BCUT2D eigenvalue weighted by Crippen LogP contribution is 1.63. The summed E-state index contributed by atoms with van der Waals surface area (Å²) in [5.74, 6) is 4.59. The number of hydrogen-bond acceptors (Lipinski definition) is 4. The minimum atomic E-state index is -0.226. The van der Waals surface area contributed by atoms with Gasteiger partial charge in [0.15, 0.2) is 0 Å². The van der Waals surface area contributed by atoms with Gasteiger partial charge in [0.2, 0.25) is 5.91 Å². The van der Waals surface area contributed by atoms with Gasteiger partial charge in [-0.2, -0.15) is 0 Å². The molecule has 0 radical (unpaired) electrons. The standard InChI is InChI=1S/C5H13N3O2/c1-10-3-2-7-4-5(9)8-6/h7H,2-4,6H2,1H3,(H,8,9). The third-order valence-corrected chi connectivity index (χ3v) is 0.930. The zero-order valence-corrected chi connectivity index (χ0v) is 6.02. The quantitative estimate of drug-likeness (QED) is 0.186. The summed E-state index contributed by atoms with van der Waals surface area (Å²) >= 11 is 0. The van der Waals surface area contributed by atoms with Crippen LogP contribution in [0, 0.1) is 0 Å². The van der Waals surface area contributed by atoms with Gasteiger partial charge in [0, 0.05) is 13.7 Å². The van der Waals surface area contributed by atoms with E-state index in [1.807, 2.05) is 5.43 Å². The van der Waals surface area contributed by atoms with Gasteiger partial charge in [0.25, 0.3) is 0 Å². The second-order valence-corrected chi connectivity index (χ2v) is 1.74. The van der Waals surface area contributed by atoms with Crippen molar-refractivity contribution >= 4 is 5.91 Å². The molecule has 0 heterocycles. The number of methoxy groups -OCH3 is 1. The average Bonchev–Trinajstić information content (AvgIpc) is 1.98. The summed E-state index contributed by atoms with van der Waals surface area (Å²) in [4.78, 5) is 10.4. The molecule has 0 saturated heterocycles. The number of carbonyl (C=O) groups excluding carboxylic acids is 1. The highest BCUT2D eigenvalue weighted by molar-refractivity contribution is 5.77. The predicted molar refractivity (Wildman–Crippen MR) is 37.1 cm³/mol. The van der Waals surface area contributed by atoms with Crippen LogP contribution in [0.15, 0.2) is 0 Å². The lowest BCUT2D eigenvalue weighted by molar-refractivity contribution is -0.120. The first kappa shape index (κ1) is 9.35. The van der Waals surface area contributed by atoms with Gasteiger partial charge in [-0.1, -0.05) is 0 Å². The molecule has 0 saturated carbocycles. The summed E-state index contributed by atoms with van der Waals surface area (Å²) in [5, 5.41) is 2.82. The van der Waals surface area contributed by atoms with Gasteiger partial charge in [0.1, 0.15) is 0 Å². The summed E-state index contributed by atoms with van der Waals surface area (Å²) in [5.41, 5.74) is 2.00. The van der Waals surface area contributed by atoms with Crippen LogP contribution < -0.4 is 16.6 Å². The van der Waals surface area contributed by atoms with Gasteiger partial charge in [-0.15, -0.1) is 0 Å². The Morgan fingerprint density at radius 3 is 2.90 bits per heavy atom. The number of ether oxygens (including phenoxy) is 1. The van der Waals surface area contributed by atoms with Crippen molar-refractivity contribution in [1.29, 1.82) is 0 Å². The Kier molecular flexibility index (Phi) is 6.05. The molecule has 0 aliphatic carbocycles. The van der Waals surface area contributed by atoms with E-state index in [1.54, 1.807) is 7.11 Å². The van der Waals surface area contributed by atoms with Crippen molar-refractivity contribution in [3.05, 3.63) is 0 Å². The Bertz CT molecular complexity index is 96.9. The molecule has 5 nitrogen and oxygen atoms in total. The molecule has 0 fully saturated rings. The predicted octanol–water partition coefficient (Wildman–Crippen LogP) is -1.79. The zero-order chi connectivity index (χ0) is 7.82. The molecule has 4 N–H and O–H groups in total. The van der Waals surface area contributed by atoms with Gasteiger partial charge in [-0.05, 0) is 0 Å². The fourth-order valence-electron chi connectivity index (χ4n) is 0.427. The molecule has 0 unspecified atom stereocenters. The lowest BCUT2D eigenvalue weighted by atomic mass is 10.6. The van der Waals surface area contributed by atoms with E-state index < -0.39 is 0 Å². The summed E-state index contributed by atoms with van der Waals surface area (Å²) in [6.07, 6.45) is 0. The maximum atomic E-state index is 10.4. The molecule has 60 valence electrons. The molecule has 0 aromatic rings. The first-order chi connectivity index (χ1) is 4.81. The van der Waals surface area contributed by atoms with Crippen LogP contribution in [0.1, 0.15) is 0 Å². The summed E-state index contributed by atoms with van der Waals surface area (Å²) in [7, 11) is 1.60. The van der Waals surface area contributed by atoms with E-state index >= 15 is 0 Å². The van der Waals surface area contributed by atoms with Crippen molar-refractivity contribution < 1.29 is 9.53 Å². The molecule has 0 atom stereocenters. The molecule has 0 aliphatic heterocycles. The first-order valence-electron chi connectivity index (χ1n) is 3.00. The summed E-state index contributed by atoms with van der Waals surface area (Å²) < 4.78 is 4.73. The molecule has 0 bridgehead atoms. The molecule has 1 amide bonds. The van der Waals surface area contributed by atoms with E-state index in [0.717, 1.165) is 0 Å². The zero-order valence-electron chi connectivity index (χ0n) is 6.02. The third kappa shape index (κ3) is 5.49. The lowest BCUT2D eigenvalue weighted by Gasteiger charge is -2.01. The van der Waals surface area contributed by atoms with Crippen LogP contribution in [-0.4, -0.2) is 32.7 Å². The molecule has 0 aliphatic rings. The summed E-state index contributed by atoms with van der Waals surface area (Å²) in [6, 6.07) is 0. The monoisotopic (exact) mass is 147 g/mol. The number of nitrogens with two attached hydrogens (primary N) is 1. The van der Waals surface area contributed by atoms with Gasteiger partial charge >= 0.3 is 0 Å². The Labute approximate surface area is 59.9 Å². The second-order valence-electron chi connectivity index (χ2n) is 1.74. The van der Waals surface area contributed by atoms with E-state index in [4.69, 9.17) is 10.6 Å². The number of amides is 1. The smallest absolute Gasteiger partial charge is 0.247 e. The Balaban J connectivity index is 2.96. The SMILES string of the molecule is COCCNCC(=O)NN. The topological polar surface area (TPSA) is 76.4 Å². The van der Waals surface area contributed by atoms with E-state index in [-0.39, 0.29) is 12.5 Å². The fourth-order valence-corrected chi connectivity index (χ4v) is 0.427. The van der Waals surface area contributed by atoms with Crippen LogP contribution in [0.25, 0.3) is 0 Å². The van der Waals surface area contributed by atoms with Crippen LogP contribution in [0.5, 0.6) is 0 Å². The molecule has 0 spiro atoms. The van der Waals surface area contributed by atoms with Crippen molar-refractivity contribution in [2.45, 2.75) is 0 Å². The number of hydrazine groups is 1. The van der Waals surface area contributed by atoms with Gasteiger partial charge in [-0.25, -0.2) is 5.84 Å². The van der Waals surface area contributed by atoms with E-state index in [2.05, 4.69) is 5.32 Å². The van der Waals surface area contributed by atoms with E-state index in [0.29, 0.717) is 13.2 Å². The van der Waals surface area contributed by atoms with Crippen molar-refractivity contribution in [3.8, 4) is 0 Å². The normalized spacial score (nSPS) is 9.40. The molecule has 5 heteroatoms. The maximum absolute atomic E-state index is 10.4. The number of nitrogens with one attached hydrogen (secondary N) is 2. The maximum Gasteiger partial charge on any atom is 0.247 e. The van der Waals surface area contributed by atoms with Gasteiger partial charge in [0.05, 0.1) is 13.2 Å². The van der Waals surface area contributed by atoms with E-state index in [1.165, 1.54) is 0 Å². The third-order valence-electron chi connectivity index (χ3n) is 0.930. The molecule has 0 aromatic carbocycles. The Morgan fingerprint density at radius 1 is 1.70 bits per heavy atom. The molecular weight excluding hydrogens is 134 g/mol. The minimum Gasteiger partial charge on any atom is -0.383 e. The Hall–Kier alpha value is -0.650. The first-order valence-corrected chi connectivity index (χ1v) is 3.00. The van der Waals surface area contributed by atoms with Crippen molar-refractivity contribution in [2.24, 2.45) is 5.84 Å². The van der Waals surface area contributed by atoms with Crippen molar-refractivity contribution in [3.63, 3.8) is 0 Å². The largest absolute Gasteiger partial charge is 0.383 e. The number of hydrogen-bond donors (Lipinski definition) is 3. The van der Waals surface area contributed by atoms with Crippen molar-refractivity contribution in [2.75, 3.05) is 26.8 Å². The number of rotatable bonds is 5. The fraction of sp³-hybridized carbons (Fsp3) is 0.800. The molecular formula is C5H13N3O2. The van der Waals surface area contributed by atoms with Crippen molar-refractivity contribution in [1.82, 2.24) is 10.7 Å². The molecule has 0 rings (SSSR count). The summed E-state index contributed by atoms with van der Waals surface area (Å²) in [6.45, 7) is 1.49. The highest BCUT2D eigenvalue weighted by Gasteiger charge is 1.94. The van der Waals surface area contributed by atoms with Gasteiger partial charge < -0.3 is 10.1 Å². The van der Waals surface area contributed by atoms with Crippen LogP contribution in [0.4, 0.5) is 0 Å². The van der Waals surface area contributed by atoms with Crippen LogP contribution in [0.3, 0.4) is 0 Å². The average molecular weight is 147 g/mol. The van der Waals surface area contributed by atoms with Crippen LogP contribution >= 0.6 is 0 Å². The number of carbonyl (C=O) groups is 1. The van der Waals surface area contributed by atoms with Crippen LogP contribution in [0.2, 0.25) is 0 Å². The van der Waals surface area contributed by atoms with Crippen LogP contribution in [-0.2, 0) is 9.53 Å². The van der Waals surface area contributed by atoms with Gasteiger partial charge in [-0.3, -0.25) is 10.2 Å². The molecule has 0 aromatic heterocycles. The second kappa shape index (κ2) is 6.47. The van der Waals surface area contributed by atoms with E-state index in [9.17, 15) is 4.79 Å².